The van der Waals surface area contributed by atoms with E-state index < -0.39 is 0 Å². The van der Waals surface area contributed by atoms with Crippen LogP contribution in [0.15, 0.2) is 50.9 Å². The number of hydrogen-bond acceptors (Lipinski definition) is 4. The Kier molecular flexibility index (Phi) is 3.31. The summed E-state index contributed by atoms with van der Waals surface area (Å²) in [7, 11) is 0. The number of nitrogens with zero attached hydrogens (tertiary/aromatic N) is 1. The molecule has 1 aromatic heterocycles. The second-order valence-corrected chi connectivity index (χ2v) is 5.66. The van der Waals surface area contributed by atoms with Crippen molar-refractivity contribution in [3.63, 3.8) is 0 Å². The van der Waals surface area contributed by atoms with Crippen molar-refractivity contribution in [3.05, 3.63) is 46.4 Å². The second-order valence-electron chi connectivity index (χ2n) is 3.85. The Morgan fingerprint density at radius 1 is 1.11 bits per heavy atom. The third kappa shape index (κ3) is 2.52. The fourth-order valence-corrected chi connectivity index (χ4v) is 2.84. The number of para-hydroxylation sites is 2. The number of aromatic nitrogens is 1. The van der Waals surface area contributed by atoms with E-state index in [0.717, 1.165) is 16.0 Å². The fourth-order valence-electron chi connectivity index (χ4n) is 1.62. The van der Waals surface area contributed by atoms with Gasteiger partial charge >= 0.3 is 0 Å². The highest BCUT2D eigenvalue weighted by Crippen LogP contribution is 2.37. The summed E-state index contributed by atoms with van der Waals surface area (Å²) in [5.41, 5.74) is 7.99. The number of rotatable bonds is 2. The normalized spacial score (nSPS) is 11.1. The van der Waals surface area contributed by atoms with E-state index in [4.69, 9.17) is 33.4 Å². The maximum absolute atomic E-state index is 5.98. The van der Waals surface area contributed by atoms with Crippen LogP contribution in [-0.4, -0.2) is 4.98 Å². The zero-order chi connectivity index (χ0) is 13.4. The first kappa shape index (κ1) is 12.7. The Hall–Kier alpha value is -1.36. The highest BCUT2D eigenvalue weighted by molar-refractivity contribution is 7.99. The average molecular weight is 311 g/mol. The molecule has 1 heterocycles. The Balaban J connectivity index is 1.98. The van der Waals surface area contributed by atoms with Crippen molar-refractivity contribution in [3.8, 4) is 0 Å². The first-order chi connectivity index (χ1) is 9.13. The third-order valence-corrected chi connectivity index (χ3v) is 4.17. The lowest BCUT2D eigenvalue weighted by Crippen LogP contribution is -1.88. The van der Waals surface area contributed by atoms with Gasteiger partial charge in [0.25, 0.3) is 5.22 Å². The molecule has 3 nitrogen and oxygen atoms in total. The lowest BCUT2D eigenvalue weighted by Gasteiger charge is -2.04. The minimum Gasteiger partial charge on any atom is -0.431 e. The fraction of sp³-hybridized carbons (Fsp3) is 0. The van der Waals surface area contributed by atoms with Crippen molar-refractivity contribution in [2.45, 2.75) is 10.1 Å². The van der Waals surface area contributed by atoms with E-state index in [9.17, 15) is 0 Å². The number of fused-ring (bicyclic) bond motifs is 1. The van der Waals surface area contributed by atoms with Gasteiger partial charge in [0.2, 0.25) is 0 Å². The van der Waals surface area contributed by atoms with Crippen LogP contribution in [0.1, 0.15) is 0 Å². The zero-order valence-corrected chi connectivity index (χ0v) is 11.9. The molecule has 0 aliphatic rings. The van der Waals surface area contributed by atoms with Crippen LogP contribution < -0.4 is 5.73 Å². The number of oxazole rings is 1. The number of nitrogen functional groups attached to an aromatic ring is 1. The molecule has 0 aliphatic heterocycles. The highest BCUT2D eigenvalue weighted by atomic mass is 35.5. The van der Waals surface area contributed by atoms with E-state index >= 15 is 0 Å². The highest BCUT2D eigenvalue weighted by Gasteiger charge is 2.11. The molecule has 0 saturated heterocycles. The molecule has 2 aromatic carbocycles. The average Bonchev–Trinajstić information content (AvgIpc) is 2.78. The molecule has 0 aliphatic carbocycles. The van der Waals surface area contributed by atoms with E-state index in [2.05, 4.69) is 4.98 Å². The first-order valence-corrected chi connectivity index (χ1v) is 6.98. The van der Waals surface area contributed by atoms with Gasteiger partial charge < -0.3 is 10.2 Å². The van der Waals surface area contributed by atoms with Crippen LogP contribution in [0.3, 0.4) is 0 Å². The molecule has 0 bridgehead atoms. The van der Waals surface area contributed by atoms with Gasteiger partial charge in [-0.25, -0.2) is 4.98 Å². The quantitative estimate of drug-likeness (QED) is 0.686. The predicted molar refractivity (Wildman–Crippen MR) is 79.0 cm³/mol. The lowest BCUT2D eigenvalue weighted by molar-refractivity contribution is 0.489. The summed E-state index contributed by atoms with van der Waals surface area (Å²) in [6, 6.07) is 10.9. The van der Waals surface area contributed by atoms with Crippen LogP contribution in [0.25, 0.3) is 11.1 Å². The van der Waals surface area contributed by atoms with Gasteiger partial charge in [0, 0.05) is 10.6 Å². The van der Waals surface area contributed by atoms with E-state index in [1.807, 2.05) is 24.3 Å². The smallest absolute Gasteiger partial charge is 0.261 e. The van der Waals surface area contributed by atoms with Gasteiger partial charge in [-0.3, -0.25) is 0 Å². The molecule has 0 spiro atoms. The predicted octanol–water partition coefficient (Wildman–Crippen LogP) is 4.87. The van der Waals surface area contributed by atoms with Gasteiger partial charge in [-0.15, -0.1) is 0 Å². The van der Waals surface area contributed by atoms with Gasteiger partial charge in [-0.2, -0.15) is 0 Å². The summed E-state index contributed by atoms with van der Waals surface area (Å²) >= 11 is 13.2. The van der Waals surface area contributed by atoms with Gasteiger partial charge in [0.15, 0.2) is 5.58 Å². The summed E-state index contributed by atoms with van der Waals surface area (Å²) in [4.78, 5) is 5.13. The minimum atomic E-state index is 0.432. The maximum atomic E-state index is 5.98. The van der Waals surface area contributed by atoms with Gasteiger partial charge in [0.1, 0.15) is 5.52 Å². The summed E-state index contributed by atoms with van der Waals surface area (Å²) in [6.45, 7) is 0. The van der Waals surface area contributed by atoms with Crippen LogP contribution in [0.5, 0.6) is 0 Å². The van der Waals surface area contributed by atoms with Gasteiger partial charge in [-0.1, -0.05) is 35.3 Å². The van der Waals surface area contributed by atoms with E-state index in [1.54, 1.807) is 12.1 Å². The third-order valence-electron chi connectivity index (χ3n) is 2.52. The summed E-state index contributed by atoms with van der Waals surface area (Å²) in [5, 5.41) is 1.40. The molecule has 6 heteroatoms. The van der Waals surface area contributed by atoms with Crippen molar-refractivity contribution < 1.29 is 4.42 Å². The van der Waals surface area contributed by atoms with Crippen LogP contribution in [0.4, 0.5) is 5.69 Å². The van der Waals surface area contributed by atoms with Crippen molar-refractivity contribution in [2.75, 3.05) is 5.73 Å². The standard InChI is InChI=1S/C13H8Cl2N2OS/c14-7-5-9(16)12(6-8(7)15)19-13-17-10-3-1-2-4-11(10)18-13/h1-6H,16H2. The first-order valence-electron chi connectivity index (χ1n) is 5.41. The molecule has 3 rings (SSSR count). The van der Waals surface area contributed by atoms with E-state index in [-0.39, 0.29) is 0 Å². The molecule has 0 unspecified atom stereocenters. The molecular formula is C13H8Cl2N2OS. The molecule has 96 valence electrons. The molecular weight excluding hydrogens is 303 g/mol. The van der Waals surface area contributed by atoms with Crippen molar-refractivity contribution >= 4 is 51.8 Å². The molecule has 3 aromatic rings. The molecule has 0 saturated carbocycles. The molecule has 0 fully saturated rings. The summed E-state index contributed by atoms with van der Waals surface area (Å²) in [5.74, 6) is 0. The number of nitrogens with two attached hydrogens (primary N) is 1. The second kappa shape index (κ2) is 4.96. The van der Waals surface area contributed by atoms with Crippen molar-refractivity contribution in [1.82, 2.24) is 4.98 Å². The number of anilines is 1. The zero-order valence-electron chi connectivity index (χ0n) is 9.56. The van der Waals surface area contributed by atoms with E-state index in [0.29, 0.717) is 21.0 Å². The molecule has 0 amide bonds. The van der Waals surface area contributed by atoms with Crippen molar-refractivity contribution in [1.29, 1.82) is 0 Å². The SMILES string of the molecule is Nc1cc(Cl)c(Cl)cc1Sc1nc2ccccc2o1. The largest absolute Gasteiger partial charge is 0.431 e. The van der Waals surface area contributed by atoms with Gasteiger partial charge in [0.05, 0.1) is 10.0 Å². The van der Waals surface area contributed by atoms with Gasteiger partial charge in [-0.05, 0) is 36.0 Å². The summed E-state index contributed by atoms with van der Waals surface area (Å²) < 4.78 is 5.62. The minimum absolute atomic E-state index is 0.432. The van der Waals surface area contributed by atoms with Crippen LogP contribution in [0, 0.1) is 0 Å². The monoisotopic (exact) mass is 310 g/mol. The molecule has 0 radical (unpaired) electrons. The Bertz CT molecular complexity index is 724. The molecule has 2 N–H and O–H groups in total. The maximum Gasteiger partial charge on any atom is 0.261 e. The molecule has 0 atom stereocenters. The number of benzene rings is 2. The van der Waals surface area contributed by atoms with Crippen molar-refractivity contribution in [2.24, 2.45) is 0 Å². The summed E-state index contributed by atoms with van der Waals surface area (Å²) in [6.07, 6.45) is 0. The number of hydrogen-bond donors (Lipinski definition) is 1. The van der Waals surface area contributed by atoms with Crippen LogP contribution in [0.2, 0.25) is 10.0 Å². The van der Waals surface area contributed by atoms with E-state index in [1.165, 1.54) is 11.8 Å². The topological polar surface area (TPSA) is 52.0 Å². The van der Waals surface area contributed by atoms with Crippen LogP contribution >= 0.6 is 35.0 Å². The Morgan fingerprint density at radius 2 is 1.84 bits per heavy atom. The Morgan fingerprint density at radius 3 is 2.63 bits per heavy atom. The lowest BCUT2D eigenvalue weighted by atomic mass is 10.3. The number of halogens is 2. The van der Waals surface area contributed by atoms with Crippen LogP contribution in [-0.2, 0) is 0 Å². The molecule has 19 heavy (non-hydrogen) atoms. The Labute approximate surface area is 123 Å².